The van der Waals surface area contributed by atoms with E-state index in [9.17, 15) is 8.78 Å². The third-order valence-corrected chi connectivity index (χ3v) is 3.62. The molecule has 0 aliphatic heterocycles. The lowest BCUT2D eigenvalue weighted by Gasteiger charge is -2.13. The SMILES string of the molecule is COc1cc(F)c(C(Br)c2ccccc2)c(F)c1. The van der Waals surface area contributed by atoms with Gasteiger partial charge in [-0.2, -0.15) is 0 Å². The summed E-state index contributed by atoms with van der Waals surface area (Å²) in [5, 5.41) is 0. The third kappa shape index (κ3) is 2.53. The molecule has 2 aromatic carbocycles. The molecule has 4 heteroatoms. The van der Waals surface area contributed by atoms with Gasteiger partial charge in [-0.1, -0.05) is 46.3 Å². The van der Waals surface area contributed by atoms with E-state index < -0.39 is 16.5 Å². The quantitative estimate of drug-likeness (QED) is 0.760. The fourth-order valence-electron chi connectivity index (χ4n) is 1.71. The van der Waals surface area contributed by atoms with Crippen LogP contribution in [0.1, 0.15) is 16.0 Å². The Bertz CT molecular complexity index is 520. The van der Waals surface area contributed by atoms with Crippen molar-refractivity contribution in [1.29, 1.82) is 0 Å². The summed E-state index contributed by atoms with van der Waals surface area (Å²) < 4.78 is 32.6. The average molecular weight is 313 g/mol. The van der Waals surface area contributed by atoms with Crippen LogP contribution in [0.25, 0.3) is 0 Å². The summed E-state index contributed by atoms with van der Waals surface area (Å²) in [5.41, 5.74) is 0.780. The van der Waals surface area contributed by atoms with E-state index in [4.69, 9.17) is 4.74 Å². The lowest BCUT2D eigenvalue weighted by molar-refractivity contribution is 0.405. The van der Waals surface area contributed by atoms with E-state index in [1.54, 1.807) is 0 Å². The van der Waals surface area contributed by atoms with E-state index in [1.165, 1.54) is 19.2 Å². The zero-order valence-electron chi connectivity index (χ0n) is 9.66. The van der Waals surface area contributed by atoms with Crippen LogP contribution in [0.3, 0.4) is 0 Å². The number of alkyl halides is 1. The first-order chi connectivity index (χ1) is 8.63. The summed E-state index contributed by atoms with van der Waals surface area (Å²) in [6.07, 6.45) is 0. The highest BCUT2D eigenvalue weighted by Crippen LogP contribution is 2.35. The number of rotatable bonds is 3. The van der Waals surface area contributed by atoms with Gasteiger partial charge < -0.3 is 4.74 Å². The highest BCUT2D eigenvalue weighted by molar-refractivity contribution is 9.09. The second-order valence-corrected chi connectivity index (χ2v) is 4.69. The Balaban J connectivity index is 2.45. The number of ether oxygens (including phenoxy) is 1. The van der Waals surface area contributed by atoms with Crippen LogP contribution in [-0.2, 0) is 0 Å². The Hall–Kier alpha value is -1.42. The van der Waals surface area contributed by atoms with Crippen LogP contribution >= 0.6 is 15.9 Å². The molecule has 0 aliphatic carbocycles. The Morgan fingerprint density at radius 1 is 1.06 bits per heavy atom. The van der Waals surface area contributed by atoms with Crippen molar-refractivity contribution in [2.45, 2.75) is 4.83 Å². The zero-order valence-corrected chi connectivity index (χ0v) is 11.2. The first-order valence-electron chi connectivity index (χ1n) is 5.35. The first-order valence-corrected chi connectivity index (χ1v) is 6.27. The molecule has 0 bridgehead atoms. The molecule has 0 amide bonds. The molecule has 0 spiro atoms. The smallest absolute Gasteiger partial charge is 0.134 e. The maximum absolute atomic E-state index is 13.9. The second kappa shape index (κ2) is 5.48. The molecule has 2 aromatic rings. The summed E-state index contributed by atoms with van der Waals surface area (Å²) in [7, 11) is 1.37. The van der Waals surface area contributed by atoms with Crippen molar-refractivity contribution in [2.24, 2.45) is 0 Å². The molecule has 0 aromatic heterocycles. The van der Waals surface area contributed by atoms with Crippen LogP contribution in [-0.4, -0.2) is 7.11 Å². The van der Waals surface area contributed by atoms with Gasteiger partial charge in [0.05, 0.1) is 11.9 Å². The van der Waals surface area contributed by atoms with E-state index in [2.05, 4.69) is 15.9 Å². The second-order valence-electron chi connectivity index (χ2n) is 3.78. The highest BCUT2D eigenvalue weighted by atomic mass is 79.9. The maximum atomic E-state index is 13.9. The molecule has 0 heterocycles. The molecule has 2 rings (SSSR count). The van der Waals surface area contributed by atoms with Gasteiger partial charge >= 0.3 is 0 Å². The van der Waals surface area contributed by atoms with Gasteiger partial charge in [0, 0.05) is 17.7 Å². The van der Waals surface area contributed by atoms with Gasteiger partial charge in [0.2, 0.25) is 0 Å². The van der Waals surface area contributed by atoms with Crippen molar-refractivity contribution in [3.05, 3.63) is 65.2 Å². The molecular formula is C14H11BrF2O. The molecule has 1 unspecified atom stereocenters. The summed E-state index contributed by atoms with van der Waals surface area (Å²) in [5.74, 6) is -1.09. The lowest BCUT2D eigenvalue weighted by Crippen LogP contribution is -2.01. The van der Waals surface area contributed by atoms with Crippen LogP contribution in [0.15, 0.2) is 42.5 Å². The van der Waals surface area contributed by atoms with E-state index in [0.717, 1.165) is 5.56 Å². The van der Waals surface area contributed by atoms with Crippen LogP contribution < -0.4 is 4.74 Å². The average Bonchev–Trinajstić information content (AvgIpc) is 2.38. The van der Waals surface area contributed by atoms with Crippen LogP contribution in [0.2, 0.25) is 0 Å². The molecule has 18 heavy (non-hydrogen) atoms. The van der Waals surface area contributed by atoms with Crippen LogP contribution in [0.5, 0.6) is 5.75 Å². The molecule has 1 nitrogen and oxygen atoms in total. The van der Waals surface area contributed by atoms with Crippen molar-refractivity contribution in [3.8, 4) is 5.75 Å². The van der Waals surface area contributed by atoms with E-state index in [-0.39, 0.29) is 11.3 Å². The van der Waals surface area contributed by atoms with Gasteiger partial charge in [-0.3, -0.25) is 0 Å². The fourth-order valence-corrected chi connectivity index (χ4v) is 2.45. The molecule has 0 saturated heterocycles. The molecule has 94 valence electrons. The Kier molecular flexibility index (Phi) is 3.97. The molecule has 0 N–H and O–H groups in total. The summed E-state index contributed by atoms with van der Waals surface area (Å²) in [4.78, 5) is -0.524. The first kappa shape index (κ1) is 13.0. The largest absolute Gasteiger partial charge is 0.497 e. The minimum Gasteiger partial charge on any atom is -0.497 e. The molecular weight excluding hydrogens is 302 g/mol. The predicted octanol–water partition coefficient (Wildman–Crippen LogP) is 4.46. The van der Waals surface area contributed by atoms with Crippen molar-refractivity contribution >= 4 is 15.9 Å². The molecule has 0 fully saturated rings. The van der Waals surface area contributed by atoms with Crippen molar-refractivity contribution in [2.75, 3.05) is 7.11 Å². The fraction of sp³-hybridized carbons (Fsp3) is 0.143. The number of hydrogen-bond acceptors (Lipinski definition) is 1. The number of methoxy groups -OCH3 is 1. The van der Waals surface area contributed by atoms with Crippen molar-refractivity contribution in [3.63, 3.8) is 0 Å². The molecule has 0 radical (unpaired) electrons. The van der Waals surface area contributed by atoms with Crippen LogP contribution in [0, 0.1) is 11.6 Å². The lowest BCUT2D eigenvalue weighted by atomic mass is 10.0. The molecule has 0 saturated carbocycles. The van der Waals surface area contributed by atoms with Gasteiger partial charge in [0.25, 0.3) is 0 Å². The Labute approximate surface area is 113 Å². The molecule has 0 aliphatic rings. The molecule has 1 atom stereocenters. The van der Waals surface area contributed by atoms with Gasteiger partial charge in [-0.15, -0.1) is 0 Å². The normalized spacial score (nSPS) is 12.2. The van der Waals surface area contributed by atoms with E-state index in [0.29, 0.717) is 0 Å². The number of halogens is 3. The van der Waals surface area contributed by atoms with Crippen molar-refractivity contribution in [1.82, 2.24) is 0 Å². The minimum atomic E-state index is -0.627. The Morgan fingerprint density at radius 2 is 1.61 bits per heavy atom. The van der Waals surface area contributed by atoms with Gasteiger partial charge in [-0.05, 0) is 5.56 Å². The Morgan fingerprint density at radius 3 is 2.11 bits per heavy atom. The summed E-state index contributed by atoms with van der Waals surface area (Å²) >= 11 is 3.32. The monoisotopic (exact) mass is 312 g/mol. The summed E-state index contributed by atoms with van der Waals surface area (Å²) in [6, 6.07) is 11.5. The van der Waals surface area contributed by atoms with Gasteiger partial charge in [0.15, 0.2) is 0 Å². The highest BCUT2D eigenvalue weighted by Gasteiger charge is 2.20. The van der Waals surface area contributed by atoms with E-state index in [1.807, 2.05) is 30.3 Å². The predicted molar refractivity (Wildman–Crippen MR) is 70.1 cm³/mol. The minimum absolute atomic E-state index is 0.0120. The topological polar surface area (TPSA) is 9.23 Å². The number of hydrogen-bond donors (Lipinski definition) is 0. The van der Waals surface area contributed by atoms with E-state index >= 15 is 0 Å². The van der Waals surface area contributed by atoms with Crippen LogP contribution in [0.4, 0.5) is 8.78 Å². The summed E-state index contributed by atoms with van der Waals surface area (Å²) in [6.45, 7) is 0. The van der Waals surface area contributed by atoms with Crippen molar-refractivity contribution < 1.29 is 13.5 Å². The van der Waals surface area contributed by atoms with Gasteiger partial charge in [0.1, 0.15) is 17.4 Å². The zero-order chi connectivity index (χ0) is 13.1. The standard InChI is InChI=1S/C14H11BrF2O/c1-18-10-7-11(16)13(12(17)8-10)14(15)9-5-3-2-4-6-9/h2-8,14H,1H3. The maximum Gasteiger partial charge on any atom is 0.134 e. The van der Waals surface area contributed by atoms with Gasteiger partial charge in [-0.25, -0.2) is 8.78 Å². The third-order valence-electron chi connectivity index (χ3n) is 2.63. The number of benzene rings is 2.